The minimum atomic E-state index is 0.374. The average Bonchev–Trinajstić information content (AvgIpc) is 2.98. The second-order valence-electron chi connectivity index (χ2n) is 5.34. The van der Waals surface area contributed by atoms with Crippen molar-refractivity contribution in [2.75, 3.05) is 0 Å². The van der Waals surface area contributed by atoms with Gasteiger partial charge in [-0.25, -0.2) is 4.98 Å². The standard InChI is InChI=1S/C13H18N4/c1-9-11-6-10(8-15-13(2)4-5-13)7-14-12(11)17(3)16-9/h6-7,15H,4-5,8H2,1-3H3. The molecule has 0 spiro atoms. The first-order chi connectivity index (χ1) is 8.07. The van der Waals surface area contributed by atoms with Gasteiger partial charge in [0.25, 0.3) is 0 Å². The molecule has 0 aromatic carbocycles. The summed E-state index contributed by atoms with van der Waals surface area (Å²) in [6.07, 6.45) is 4.52. The molecule has 17 heavy (non-hydrogen) atoms. The molecule has 0 unspecified atom stereocenters. The monoisotopic (exact) mass is 230 g/mol. The van der Waals surface area contributed by atoms with Gasteiger partial charge in [0.2, 0.25) is 0 Å². The zero-order valence-corrected chi connectivity index (χ0v) is 10.6. The van der Waals surface area contributed by atoms with Gasteiger partial charge in [0, 0.05) is 30.7 Å². The van der Waals surface area contributed by atoms with Crippen LogP contribution in [0.15, 0.2) is 12.3 Å². The molecule has 4 nitrogen and oxygen atoms in total. The minimum Gasteiger partial charge on any atom is -0.307 e. The maximum atomic E-state index is 4.48. The number of hydrogen-bond acceptors (Lipinski definition) is 3. The second kappa shape index (κ2) is 3.53. The van der Waals surface area contributed by atoms with Crippen LogP contribution in [0.2, 0.25) is 0 Å². The molecule has 1 aliphatic rings. The molecular formula is C13H18N4. The Balaban J connectivity index is 1.88. The summed E-state index contributed by atoms with van der Waals surface area (Å²) in [4.78, 5) is 4.48. The van der Waals surface area contributed by atoms with Gasteiger partial charge in [-0.1, -0.05) is 0 Å². The largest absolute Gasteiger partial charge is 0.307 e. The zero-order chi connectivity index (χ0) is 12.0. The van der Waals surface area contributed by atoms with Crippen molar-refractivity contribution in [2.24, 2.45) is 7.05 Å². The van der Waals surface area contributed by atoms with E-state index in [1.807, 2.05) is 24.9 Å². The van der Waals surface area contributed by atoms with Crippen molar-refractivity contribution in [1.29, 1.82) is 0 Å². The molecule has 2 aromatic heterocycles. The molecule has 1 N–H and O–H groups in total. The van der Waals surface area contributed by atoms with Gasteiger partial charge in [-0.2, -0.15) is 5.10 Å². The van der Waals surface area contributed by atoms with E-state index in [-0.39, 0.29) is 0 Å². The van der Waals surface area contributed by atoms with Crippen molar-refractivity contribution in [3.8, 4) is 0 Å². The molecule has 1 aliphatic carbocycles. The fourth-order valence-electron chi connectivity index (χ4n) is 2.13. The third-order valence-corrected chi connectivity index (χ3v) is 3.64. The first-order valence-electron chi connectivity index (χ1n) is 6.11. The highest BCUT2D eigenvalue weighted by Crippen LogP contribution is 2.34. The maximum absolute atomic E-state index is 4.48. The predicted octanol–water partition coefficient (Wildman–Crippen LogP) is 1.92. The van der Waals surface area contributed by atoms with E-state index < -0.39 is 0 Å². The number of nitrogens with one attached hydrogen (secondary N) is 1. The van der Waals surface area contributed by atoms with Gasteiger partial charge in [0.15, 0.2) is 5.65 Å². The van der Waals surface area contributed by atoms with E-state index in [4.69, 9.17) is 0 Å². The van der Waals surface area contributed by atoms with E-state index in [0.717, 1.165) is 23.3 Å². The van der Waals surface area contributed by atoms with Crippen LogP contribution in [0.1, 0.15) is 31.0 Å². The molecule has 90 valence electrons. The van der Waals surface area contributed by atoms with Crippen LogP contribution < -0.4 is 5.32 Å². The Morgan fingerprint density at radius 2 is 2.24 bits per heavy atom. The lowest BCUT2D eigenvalue weighted by molar-refractivity contribution is 0.537. The first-order valence-corrected chi connectivity index (χ1v) is 6.11. The van der Waals surface area contributed by atoms with E-state index in [9.17, 15) is 0 Å². The fourth-order valence-corrected chi connectivity index (χ4v) is 2.13. The Morgan fingerprint density at radius 1 is 1.47 bits per heavy atom. The minimum absolute atomic E-state index is 0.374. The lowest BCUT2D eigenvalue weighted by atomic mass is 10.2. The Morgan fingerprint density at radius 3 is 2.94 bits per heavy atom. The van der Waals surface area contributed by atoms with Gasteiger partial charge in [-0.15, -0.1) is 0 Å². The molecule has 0 aliphatic heterocycles. The van der Waals surface area contributed by atoms with Crippen molar-refractivity contribution in [2.45, 2.75) is 38.8 Å². The third-order valence-electron chi connectivity index (χ3n) is 3.64. The zero-order valence-electron chi connectivity index (χ0n) is 10.6. The average molecular weight is 230 g/mol. The molecule has 0 amide bonds. The van der Waals surface area contributed by atoms with E-state index in [1.165, 1.54) is 18.4 Å². The summed E-state index contributed by atoms with van der Waals surface area (Å²) in [5.41, 5.74) is 3.62. The summed E-state index contributed by atoms with van der Waals surface area (Å²) in [6.45, 7) is 5.20. The van der Waals surface area contributed by atoms with Gasteiger partial charge < -0.3 is 5.32 Å². The summed E-state index contributed by atoms with van der Waals surface area (Å²) in [5.74, 6) is 0. The number of hydrogen-bond donors (Lipinski definition) is 1. The fraction of sp³-hybridized carbons (Fsp3) is 0.538. The maximum Gasteiger partial charge on any atom is 0.157 e. The van der Waals surface area contributed by atoms with Crippen molar-refractivity contribution < 1.29 is 0 Å². The lowest BCUT2D eigenvalue weighted by Gasteiger charge is -2.10. The van der Waals surface area contributed by atoms with Crippen LogP contribution in [0, 0.1) is 6.92 Å². The van der Waals surface area contributed by atoms with Crippen molar-refractivity contribution in [3.05, 3.63) is 23.5 Å². The Kier molecular flexibility index (Phi) is 2.23. The molecule has 2 aromatic rings. The molecule has 0 atom stereocenters. The van der Waals surface area contributed by atoms with E-state index >= 15 is 0 Å². The molecule has 0 bridgehead atoms. The smallest absolute Gasteiger partial charge is 0.157 e. The normalized spacial score (nSPS) is 17.6. The van der Waals surface area contributed by atoms with Gasteiger partial charge >= 0.3 is 0 Å². The van der Waals surface area contributed by atoms with Crippen LogP contribution >= 0.6 is 0 Å². The molecule has 1 saturated carbocycles. The summed E-state index contributed by atoms with van der Waals surface area (Å²) < 4.78 is 1.84. The molecule has 0 saturated heterocycles. The van der Waals surface area contributed by atoms with E-state index in [2.05, 4.69) is 28.4 Å². The second-order valence-corrected chi connectivity index (χ2v) is 5.34. The molecular weight excluding hydrogens is 212 g/mol. The van der Waals surface area contributed by atoms with E-state index in [0.29, 0.717) is 5.54 Å². The summed E-state index contributed by atoms with van der Waals surface area (Å²) in [6, 6.07) is 2.20. The molecule has 4 heteroatoms. The van der Waals surface area contributed by atoms with E-state index in [1.54, 1.807) is 0 Å². The molecule has 0 radical (unpaired) electrons. The summed E-state index contributed by atoms with van der Waals surface area (Å²) in [5, 5.41) is 9.12. The van der Waals surface area contributed by atoms with Crippen LogP contribution in [-0.4, -0.2) is 20.3 Å². The Bertz CT molecular complexity index is 566. The summed E-state index contributed by atoms with van der Waals surface area (Å²) >= 11 is 0. The topological polar surface area (TPSA) is 42.7 Å². The number of fused-ring (bicyclic) bond motifs is 1. The number of aromatic nitrogens is 3. The lowest BCUT2D eigenvalue weighted by Crippen LogP contribution is -2.26. The van der Waals surface area contributed by atoms with Crippen molar-refractivity contribution >= 4 is 11.0 Å². The summed E-state index contributed by atoms with van der Waals surface area (Å²) in [7, 11) is 1.94. The van der Waals surface area contributed by atoms with Gasteiger partial charge in [0.05, 0.1) is 5.69 Å². The van der Waals surface area contributed by atoms with Crippen LogP contribution in [0.5, 0.6) is 0 Å². The van der Waals surface area contributed by atoms with Crippen LogP contribution in [0.3, 0.4) is 0 Å². The first kappa shape index (κ1) is 10.7. The van der Waals surface area contributed by atoms with Crippen LogP contribution in [-0.2, 0) is 13.6 Å². The number of pyridine rings is 1. The van der Waals surface area contributed by atoms with Crippen molar-refractivity contribution in [3.63, 3.8) is 0 Å². The number of aryl methyl sites for hydroxylation is 2. The highest BCUT2D eigenvalue weighted by molar-refractivity contribution is 5.78. The van der Waals surface area contributed by atoms with Crippen LogP contribution in [0.25, 0.3) is 11.0 Å². The molecule has 1 fully saturated rings. The van der Waals surface area contributed by atoms with Crippen molar-refractivity contribution in [1.82, 2.24) is 20.1 Å². The van der Waals surface area contributed by atoms with Crippen LogP contribution in [0.4, 0.5) is 0 Å². The highest BCUT2D eigenvalue weighted by atomic mass is 15.3. The predicted molar refractivity (Wildman–Crippen MR) is 67.7 cm³/mol. The van der Waals surface area contributed by atoms with Gasteiger partial charge in [0.1, 0.15) is 0 Å². The highest BCUT2D eigenvalue weighted by Gasteiger charge is 2.36. The SMILES string of the molecule is Cc1nn(C)c2ncc(CNC3(C)CC3)cc12. The molecule has 3 rings (SSSR count). The number of rotatable bonds is 3. The molecule has 2 heterocycles. The quantitative estimate of drug-likeness (QED) is 0.876. The number of nitrogens with zero attached hydrogens (tertiary/aromatic N) is 3. The third kappa shape index (κ3) is 1.93. The Labute approximate surface area is 101 Å². The van der Waals surface area contributed by atoms with Gasteiger partial charge in [-0.3, -0.25) is 4.68 Å². The van der Waals surface area contributed by atoms with Gasteiger partial charge in [-0.05, 0) is 38.3 Å². The Hall–Kier alpha value is -1.42.